The minimum absolute atomic E-state index is 0.106. The minimum atomic E-state index is -0.814. The van der Waals surface area contributed by atoms with Crippen molar-refractivity contribution >= 4 is 17.9 Å². The molecule has 0 rings (SSSR count). The lowest BCUT2D eigenvalue weighted by atomic mass is 10.1. The fourth-order valence-corrected chi connectivity index (χ4v) is 8.37. The summed E-state index contributed by atoms with van der Waals surface area (Å²) in [6, 6.07) is 0. The van der Waals surface area contributed by atoms with Gasteiger partial charge in [0.1, 0.15) is 13.2 Å². The zero-order valence-electron chi connectivity index (χ0n) is 52.0. The summed E-state index contributed by atoms with van der Waals surface area (Å²) in [7, 11) is 0. The molecule has 0 saturated carbocycles. The van der Waals surface area contributed by atoms with E-state index in [0.29, 0.717) is 19.3 Å². The summed E-state index contributed by atoms with van der Waals surface area (Å²) >= 11 is 0. The molecule has 1 atom stereocenters. The summed E-state index contributed by atoms with van der Waals surface area (Å²) in [4.78, 5) is 38.3. The largest absolute Gasteiger partial charge is 0.462 e. The van der Waals surface area contributed by atoms with Crippen molar-refractivity contribution < 1.29 is 28.6 Å². The third kappa shape index (κ3) is 65.5. The SMILES string of the molecule is CC/C=C\C/C=C\C/C=C\C/C=C\C/C=C\C/C=C\C/C=C\CCCCCCCCCCCC(=O)OCC(COC(=O)CCCCCCC/C=C\C/C=C\CCC)OC(=O)CCCCC/C=C\C/C=C\C/C=C\C/C=C\C/C=C\CC. The number of esters is 3. The molecule has 0 aliphatic rings. The number of allylic oxidation sites excluding steroid dienone is 28. The van der Waals surface area contributed by atoms with Crippen molar-refractivity contribution in [1.82, 2.24) is 0 Å². The standard InChI is InChI=1S/C75H118O6/c1-4-7-10-13-16-19-22-25-27-29-31-32-33-34-35-36-37-38-39-40-41-42-44-45-47-50-53-56-59-62-65-68-74(77)80-71-72(70-79-73(76)67-64-61-58-55-52-49-24-21-18-15-12-9-6-3)81-75(78)69-66-63-60-57-54-51-48-46-43-30-28-26-23-20-17-14-11-8-5-2/h7-8,10-12,15-17,19-21,24-28,31-32,34-35,37-38,40-41,43,46,51,54,72H,4-6,9,13-14,18,22-23,29-30,33,36,39,42,44-45,47-50,52-53,55-71H2,1-3H3/b10-7-,11-8-,15-12-,19-16-,20-17-,24-21-,27-25-,28-26-,32-31-,35-34-,38-37-,41-40-,46-43-,54-51-. The molecule has 0 amide bonds. The van der Waals surface area contributed by atoms with E-state index >= 15 is 0 Å². The van der Waals surface area contributed by atoms with Crippen LogP contribution in [0.25, 0.3) is 0 Å². The molecule has 6 heteroatoms. The van der Waals surface area contributed by atoms with Crippen LogP contribution in [-0.2, 0) is 28.6 Å². The summed E-state index contributed by atoms with van der Waals surface area (Å²) < 4.78 is 16.9. The molecule has 0 aliphatic carbocycles. The monoisotopic (exact) mass is 1110 g/mol. The molecule has 0 radical (unpaired) electrons. The quantitative estimate of drug-likeness (QED) is 0.0261. The molecule has 0 N–H and O–H groups in total. The molecule has 0 bridgehead atoms. The number of hydrogen-bond acceptors (Lipinski definition) is 6. The fourth-order valence-electron chi connectivity index (χ4n) is 8.37. The van der Waals surface area contributed by atoms with Crippen LogP contribution in [0.5, 0.6) is 0 Å². The van der Waals surface area contributed by atoms with Crippen molar-refractivity contribution in [2.45, 2.75) is 271 Å². The van der Waals surface area contributed by atoms with E-state index < -0.39 is 6.10 Å². The highest BCUT2D eigenvalue weighted by Gasteiger charge is 2.19. The Morgan fingerprint density at radius 2 is 0.481 bits per heavy atom. The summed E-state index contributed by atoms with van der Waals surface area (Å²) in [6.07, 6.45) is 99.3. The van der Waals surface area contributed by atoms with Gasteiger partial charge in [-0.25, -0.2) is 0 Å². The molecule has 81 heavy (non-hydrogen) atoms. The number of carbonyl (C=O) groups excluding carboxylic acids is 3. The summed E-state index contributed by atoms with van der Waals surface area (Å²) in [5, 5.41) is 0. The molecule has 0 saturated heterocycles. The van der Waals surface area contributed by atoms with Crippen LogP contribution in [0.3, 0.4) is 0 Å². The smallest absolute Gasteiger partial charge is 0.306 e. The van der Waals surface area contributed by atoms with Crippen molar-refractivity contribution in [3.63, 3.8) is 0 Å². The topological polar surface area (TPSA) is 78.9 Å². The summed E-state index contributed by atoms with van der Waals surface area (Å²) in [5.74, 6) is -0.963. The van der Waals surface area contributed by atoms with E-state index in [1.54, 1.807) is 0 Å². The van der Waals surface area contributed by atoms with Gasteiger partial charge in [-0.15, -0.1) is 0 Å². The van der Waals surface area contributed by atoms with Crippen molar-refractivity contribution in [3.8, 4) is 0 Å². The summed E-state index contributed by atoms with van der Waals surface area (Å²) in [5.41, 5.74) is 0. The van der Waals surface area contributed by atoms with Crippen LogP contribution >= 0.6 is 0 Å². The van der Waals surface area contributed by atoms with Crippen LogP contribution in [0.4, 0.5) is 0 Å². The highest BCUT2D eigenvalue weighted by Crippen LogP contribution is 2.14. The van der Waals surface area contributed by atoms with Gasteiger partial charge in [0.15, 0.2) is 6.10 Å². The van der Waals surface area contributed by atoms with Crippen LogP contribution < -0.4 is 0 Å². The molecule has 0 aromatic rings. The zero-order chi connectivity index (χ0) is 58.5. The average Bonchev–Trinajstić information content (AvgIpc) is 3.46. The minimum Gasteiger partial charge on any atom is -0.462 e. The van der Waals surface area contributed by atoms with E-state index in [4.69, 9.17) is 14.2 Å². The van der Waals surface area contributed by atoms with Gasteiger partial charge in [-0.05, 0) is 148 Å². The first-order valence-electron chi connectivity index (χ1n) is 32.6. The lowest BCUT2D eigenvalue weighted by Gasteiger charge is -2.18. The first kappa shape index (κ1) is 75.8. The molecule has 0 heterocycles. The van der Waals surface area contributed by atoms with Gasteiger partial charge in [-0.1, -0.05) is 268 Å². The van der Waals surface area contributed by atoms with Gasteiger partial charge >= 0.3 is 17.9 Å². The zero-order valence-corrected chi connectivity index (χ0v) is 52.0. The van der Waals surface area contributed by atoms with E-state index in [9.17, 15) is 14.4 Å². The first-order chi connectivity index (χ1) is 40.0. The molecule has 1 unspecified atom stereocenters. The molecule has 6 nitrogen and oxygen atoms in total. The predicted octanol–water partition coefficient (Wildman–Crippen LogP) is 22.7. The van der Waals surface area contributed by atoms with Crippen molar-refractivity contribution in [2.24, 2.45) is 0 Å². The maximum absolute atomic E-state index is 12.9. The molecule has 0 aromatic carbocycles. The average molecular weight is 1120 g/mol. The third-order valence-electron chi connectivity index (χ3n) is 13.2. The number of rotatable bonds is 57. The van der Waals surface area contributed by atoms with E-state index in [2.05, 4.69) is 191 Å². The van der Waals surface area contributed by atoms with Crippen LogP contribution in [-0.4, -0.2) is 37.2 Å². The Morgan fingerprint density at radius 1 is 0.259 bits per heavy atom. The molecular formula is C75H118O6. The Labute approximate surface area is 498 Å². The first-order valence-corrected chi connectivity index (χ1v) is 32.6. The Hall–Kier alpha value is -5.23. The number of ether oxygens (including phenoxy) is 3. The number of carbonyl (C=O) groups is 3. The molecular weight excluding hydrogens is 997 g/mol. The van der Waals surface area contributed by atoms with Crippen molar-refractivity contribution in [3.05, 3.63) is 170 Å². The second kappa shape index (κ2) is 67.3. The van der Waals surface area contributed by atoms with E-state index in [-0.39, 0.29) is 37.5 Å². The molecule has 0 spiro atoms. The van der Waals surface area contributed by atoms with E-state index in [1.165, 1.54) is 44.9 Å². The highest BCUT2D eigenvalue weighted by atomic mass is 16.6. The van der Waals surface area contributed by atoms with Gasteiger partial charge in [0, 0.05) is 19.3 Å². The van der Waals surface area contributed by atoms with Gasteiger partial charge < -0.3 is 14.2 Å². The lowest BCUT2D eigenvalue weighted by Crippen LogP contribution is -2.30. The molecule has 454 valence electrons. The van der Waals surface area contributed by atoms with Crippen molar-refractivity contribution in [1.29, 1.82) is 0 Å². The molecule has 0 aromatic heterocycles. The van der Waals surface area contributed by atoms with Crippen LogP contribution in [0.1, 0.15) is 265 Å². The van der Waals surface area contributed by atoms with Crippen LogP contribution in [0.15, 0.2) is 170 Å². The molecule has 0 fully saturated rings. The Balaban J connectivity index is 4.38. The summed E-state index contributed by atoms with van der Waals surface area (Å²) in [6.45, 7) is 6.30. The Kier molecular flexibility index (Phi) is 62.9. The van der Waals surface area contributed by atoms with Gasteiger partial charge in [-0.2, -0.15) is 0 Å². The maximum atomic E-state index is 12.9. The van der Waals surface area contributed by atoms with Crippen LogP contribution in [0.2, 0.25) is 0 Å². The predicted molar refractivity (Wildman–Crippen MR) is 352 cm³/mol. The fraction of sp³-hybridized carbons (Fsp3) is 0.587. The number of hydrogen-bond donors (Lipinski definition) is 0. The van der Waals surface area contributed by atoms with Gasteiger partial charge in [0.05, 0.1) is 0 Å². The van der Waals surface area contributed by atoms with Crippen molar-refractivity contribution in [2.75, 3.05) is 13.2 Å². The number of unbranched alkanes of at least 4 members (excludes halogenated alkanes) is 18. The lowest BCUT2D eigenvalue weighted by molar-refractivity contribution is -0.167. The second-order valence-electron chi connectivity index (χ2n) is 20.9. The van der Waals surface area contributed by atoms with Crippen LogP contribution in [0, 0.1) is 0 Å². The van der Waals surface area contributed by atoms with E-state index in [0.717, 1.165) is 173 Å². The maximum Gasteiger partial charge on any atom is 0.306 e. The third-order valence-corrected chi connectivity index (χ3v) is 13.2. The van der Waals surface area contributed by atoms with Gasteiger partial charge in [-0.3, -0.25) is 14.4 Å². The highest BCUT2D eigenvalue weighted by molar-refractivity contribution is 5.71. The Bertz CT molecular complexity index is 1860. The Morgan fingerprint density at radius 3 is 0.765 bits per heavy atom. The normalized spacial score (nSPS) is 13.3. The van der Waals surface area contributed by atoms with E-state index in [1.807, 2.05) is 0 Å². The molecule has 0 aliphatic heterocycles. The van der Waals surface area contributed by atoms with Gasteiger partial charge in [0.25, 0.3) is 0 Å². The van der Waals surface area contributed by atoms with Gasteiger partial charge in [0.2, 0.25) is 0 Å². The second-order valence-corrected chi connectivity index (χ2v) is 20.9.